The van der Waals surface area contributed by atoms with Gasteiger partial charge in [-0.2, -0.15) is 4.31 Å². The van der Waals surface area contributed by atoms with Crippen molar-refractivity contribution in [3.8, 4) is 0 Å². The van der Waals surface area contributed by atoms with Crippen molar-refractivity contribution in [2.24, 2.45) is 11.3 Å². The number of nitrogens with one attached hydrogen (secondary N) is 3. The van der Waals surface area contributed by atoms with Crippen LogP contribution in [0.15, 0.2) is 47.4 Å². The molecule has 45 heavy (non-hydrogen) atoms. The molecule has 2 aliphatic rings. The highest BCUT2D eigenvalue weighted by atomic mass is 32.2. The molecular formula is C32H49N5O7S. The molecule has 0 radical (unpaired) electrons. The summed E-state index contributed by atoms with van der Waals surface area (Å²) in [5.41, 5.74) is -1.89. The largest absolute Gasteiger partial charge is 0.479 e. The zero-order chi connectivity index (χ0) is 33.4. The second kappa shape index (κ2) is 15.2. The Labute approximate surface area is 267 Å². The second-order valence-corrected chi connectivity index (χ2v) is 15.1. The van der Waals surface area contributed by atoms with E-state index in [0.29, 0.717) is 25.8 Å². The number of likely N-dealkylation sites (tertiary alicyclic amines) is 1. The Balaban J connectivity index is 1.55. The van der Waals surface area contributed by atoms with Crippen LogP contribution in [-0.4, -0.2) is 90.8 Å². The van der Waals surface area contributed by atoms with Crippen molar-refractivity contribution in [1.82, 2.24) is 25.2 Å². The Kier molecular flexibility index (Phi) is 12.2. The number of urea groups is 1. The summed E-state index contributed by atoms with van der Waals surface area (Å²) >= 11 is 0. The van der Waals surface area contributed by atoms with E-state index in [1.165, 1.54) is 28.4 Å². The summed E-state index contributed by atoms with van der Waals surface area (Å²) in [6.07, 6.45) is 9.20. The van der Waals surface area contributed by atoms with Gasteiger partial charge in [-0.1, -0.05) is 70.9 Å². The van der Waals surface area contributed by atoms with E-state index in [0.717, 1.165) is 25.7 Å². The lowest BCUT2D eigenvalue weighted by Gasteiger charge is -2.34. The van der Waals surface area contributed by atoms with Crippen molar-refractivity contribution in [3.05, 3.63) is 42.5 Å². The highest BCUT2D eigenvalue weighted by Crippen LogP contribution is 2.45. The minimum atomic E-state index is -3.78. The molecule has 1 saturated carbocycles. The molecule has 1 aromatic rings. The zero-order valence-corrected chi connectivity index (χ0v) is 27.9. The molecule has 1 heterocycles. The number of likely N-dealkylation sites (N-methyl/N-ethyl adjacent to an activating group) is 1. The predicted octanol–water partition coefficient (Wildman–Crippen LogP) is 3.11. The molecule has 13 heteroatoms. The average Bonchev–Trinajstić information content (AvgIpc) is 3.45. The molecule has 0 bridgehead atoms. The molecule has 1 aromatic carbocycles. The number of carboxylic acid groups (broad SMARTS) is 1. The molecule has 0 spiro atoms. The third-order valence-electron chi connectivity index (χ3n) is 8.60. The van der Waals surface area contributed by atoms with Crippen LogP contribution in [0.25, 0.3) is 0 Å². The summed E-state index contributed by atoms with van der Waals surface area (Å²) < 4.78 is 27.3. The molecule has 250 valence electrons. The number of carbonyl (C=O) groups excluding carboxylic acids is 3. The Bertz CT molecular complexity index is 1350. The van der Waals surface area contributed by atoms with Gasteiger partial charge in [0.05, 0.1) is 11.4 Å². The van der Waals surface area contributed by atoms with Gasteiger partial charge < -0.3 is 26.0 Å². The molecule has 1 aliphatic carbocycles. The minimum absolute atomic E-state index is 0.00326. The topological polar surface area (TPSA) is 165 Å². The van der Waals surface area contributed by atoms with E-state index >= 15 is 0 Å². The average molecular weight is 648 g/mol. The van der Waals surface area contributed by atoms with Crippen molar-refractivity contribution < 1.29 is 32.7 Å². The van der Waals surface area contributed by atoms with Crippen LogP contribution in [0.3, 0.4) is 0 Å². The van der Waals surface area contributed by atoms with Crippen molar-refractivity contribution >= 4 is 33.8 Å². The molecule has 3 rings (SSSR count). The fourth-order valence-electron chi connectivity index (χ4n) is 5.51. The van der Waals surface area contributed by atoms with Crippen LogP contribution >= 0.6 is 0 Å². The normalized spacial score (nSPS) is 22.3. The third kappa shape index (κ3) is 9.29. The van der Waals surface area contributed by atoms with Gasteiger partial charge >= 0.3 is 12.0 Å². The molecule has 4 N–H and O–H groups in total. The van der Waals surface area contributed by atoms with Gasteiger partial charge in [0.1, 0.15) is 11.6 Å². The maximum absolute atomic E-state index is 13.2. The number of nitrogens with zero attached hydrogens (tertiary/aromatic N) is 2. The monoisotopic (exact) mass is 647 g/mol. The Morgan fingerprint density at radius 1 is 1.16 bits per heavy atom. The van der Waals surface area contributed by atoms with Crippen molar-refractivity contribution in [2.45, 2.75) is 95.2 Å². The van der Waals surface area contributed by atoms with Gasteiger partial charge in [-0.3, -0.25) is 9.59 Å². The van der Waals surface area contributed by atoms with E-state index in [9.17, 15) is 32.7 Å². The molecule has 2 unspecified atom stereocenters. The molecule has 2 fully saturated rings. The van der Waals surface area contributed by atoms with Gasteiger partial charge in [0, 0.05) is 32.1 Å². The van der Waals surface area contributed by atoms with Crippen molar-refractivity contribution in [1.29, 1.82) is 0 Å². The summed E-state index contributed by atoms with van der Waals surface area (Å²) in [4.78, 5) is 52.8. The van der Waals surface area contributed by atoms with Crippen LogP contribution in [0, 0.1) is 11.3 Å². The summed E-state index contributed by atoms with van der Waals surface area (Å²) in [7, 11) is -2.34. The van der Waals surface area contributed by atoms with Crippen LogP contribution in [0.1, 0.15) is 72.6 Å². The van der Waals surface area contributed by atoms with Gasteiger partial charge in [0.25, 0.3) is 0 Å². The summed E-state index contributed by atoms with van der Waals surface area (Å²) in [6.45, 7) is 7.66. The van der Waals surface area contributed by atoms with Crippen molar-refractivity contribution in [2.75, 3.05) is 26.7 Å². The van der Waals surface area contributed by atoms with Crippen LogP contribution < -0.4 is 16.0 Å². The molecule has 4 atom stereocenters. The van der Waals surface area contributed by atoms with Crippen LogP contribution in [0.2, 0.25) is 0 Å². The van der Waals surface area contributed by atoms with E-state index in [1.807, 2.05) is 32.9 Å². The SMILES string of the molecule is CCCCC/C=C\C1C[C@]1(NC(=O)[C@@H]1CCCN1C(=O)CNC(=O)NC(CN(C)S(=O)(=O)c1ccccc1)C(C)(C)C)C(=O)O. The van der Waals surface area contributed by atoms with Gasteiger partial charge in [0.2, 0.25) is 21.8 Å². The summed E-state index contributed by atoms with van der Waals surface area (Å²) in [6, 6.07) is 5.95. The quantitative estimate of drug-likeness (QED) is 0.168. The number of amides is 4. The minimum Gasteiger partial charge on any atom is -0.479 e. The van der Waals surface area contributed by atoms with Crippen LogP contribution in [0.4, 0.5) is 4.79 Å². The third-order valence-corrected chi connectivity index (χ3v) is 10.4. The lowest BCUT2D eigenvalue weighted by atomic mass is 9.87. The standard InChI is InChI=1S/C32H49N5O7S/c1-6-7-8-9-11-15-23-20-32(23,29(40)41)35-28(39)25-18-14-19-37(25)27(38)21-33-30(42)34-26(31(2,3)4)22-36(5)45(43,44)24-16-12-10-13-17-24/h10-13,15-17,23,25-26H,6-9,14,18-22H2,1-5H3,(H,35,39)(H,40,41)(H2,33,34,42)/b15-11-/t23?,25-,26?,32+/m0/s1. The van der Waals surface area contributed by atoms with E-state index < -0.39 is 56.9 Å². The number of hydrogen-bond donors (Lipinski definition) is 4. The van der Waals surface area contributed by atoms with E-state index in [1.54, 1.807) is 18.2 Å². The number of unbranched alkanes of at least 4 members (excludes halogenated alkanes) is 3. The molecule has 12 nitrogen and oxygen atoms in total. The van der Waals surface area contributed by atoms with Gasteiger partial charge in [-0.05, 0) is 49.7 Å². The van der Waals surface area contributed by atoms with E-state index in [-0.39, 0.29) is 23.9 Å². The molecule has 1 aliphatic heterocycles. The Morgan fingerprint density at radius 2 is 1.84 bits per heavy atom. The van der Waals surface area contributed by atoms with Crippen LogP contribution in [-0.2, 0) is 24.4 Å². The smallest absolute Gasteiger partial charge is 0.330 e. The fourth-order valence-corrected chi connectivity index (χ4v) is 6.71. The molecule has 4 amide bonds. The van der Waals surface area contributed by atoms with Crippen molar-refractivity contribution in [3.63, 3.8) is 0 Å². The molecule has 0 aromatic heterocycles. The van der Waals surface area contributed by atoms with Gasteiger partial charge in [-0.25, -0.2) is 18.0 Å². The maximum atomic E-state index is 13.2. The number of hydrogen-bond acceptors (Lipinski definition) is 6. The van der Waals surface area contributed by atoms with Crippen LogP contribution in [0.5, 0.6) is 0 Å². The highest BCUT2D eigenvalue weighted by molar-refractivity contribution is 7.89. The number of allylic oxidation sites excluding steroid dienone is 1. The van der Waals surface area contributed by atoms with Gasteiger partial charge in [0.15, 0.2) is 0 Å². The number of carbonyl (C=O) groups is 4. The Morgan fingerprint density at radius 3 is 2.47 bits per heavy atom. The zero-order valence-electron chi connectivity index (χ0n) is 27.0. The maximum Gasteiger partial charge on any atom is 0.330 e. The number of carboxylic acids is 1. The first kappa shape index (κ1) is 36.0. The number of sulfonamides is 1. The number of rotatable bonds is 15. The molecule has 1 saturated heterocycles. The number of benzene rings is 1. The first-order chi connectivity index (χ1) is 21.1. The highest BCUT2D eigenvalue weighted by Gasteiger charge is 2.61. The fraction of sp³-hybridized carbons (Fsp3) is 0.625. The van der Waals surface area contributed by atoms with Gasteiger partial charge in [-0.15, -0.1) is 0 Å². The predicted molar refractivity (Wildman–Crippen MR) is 171 cm³/mol. The number of aliphatic carboxylic acids is 1. The first-order valence-corrected chi connectivity index (χ1v) is 17.1. The Hall–Kier alpha value is -3.45. The lowest BCUT2D eigenvalue weighted by Crippen LogP contribution is -2.56. The van der Waals surface area contributed by atoms with E-state index in [4.69, 9.17) is 0 Å². The lowest BCUT2D eigenvalue weighted by molar-refractivity contribution is -0.145. The second-order valence-electron chi connectivity index (χ2n) is 13.1. The molecular weight excluding hydrogens is 598 g/mol. The summed E-state index contributed by atoms with van der Waals surface area (Å²) in [5.74, 6) is -2.37. The summed E-state index contributed by atoms with van der Waals surface area (Å²) in [5, 5.41) is 17.9. The van der Waals surface area contributed by atoms with E-state index in [2.05, 4.69) is 22.9 Å². The first-order valence-electron chi connectivity index (χ1n) is 15.7.